The Bertz CT molecular complexity index is 515. The highest BCUT2D eigenvalue weighted by molar-refractivity contribution is 9.10. The Morgan fingerprint density at radius 3 is 2.59 bits per heavy atom. The fraction of sp³-hybridized carbons (Fsp3) is 0.500. The van der Waals surface area contributed by atoms with Crippen LogP contribution in [0, 0.1) is 0 Å². The summed E-state index contributed by atoms with van der Waals surface area (Å²) in [6.07, 6.45) is 3.61. The van der Waals surface area contributed by atoms with Crippen molar-refractivity contribution in [2.75, 3.05) is 5.75 Å². The molecule has 0 bridgehead atoms. The van der Waals surface area contributed by atoms with E-state index in [0.717, 1.165) is 35.1 Å². The number of hydrogen-bond acceptors (Lipinski definition) is 4. The zero-order valence-electron chi connectivity index (χ0n) is 12.5. The predicted molar refractivity (Wildman–Crippen MR) is 90.8 cm³/mol. The summed E-state index contributed by atoms with van der Waals surface area (Å²) in [5.74, 6) is -0.376. The fourth-order valence-electron chi connectivity index (χ4n) is 2.35. The Kier molecular flexibility index (Phi) is 6.76. The van der Waals surface area contributed by atoms with Crippen LogP contribution in [0.15, 0.2) is 33.6 Å². The van der Waals surface area contributed by atoms with E-state index in [4.69, 9.17) is 4.74 Å². The van der Waals surface area contributed by atoms with E-state index in [2.05, 4.69) is 21.2 Å². The van der Waals surface area contributed by atoms with E-state index < -0.39 is 6.10 Å². The van der Waals surface area contributed by atoms with E-state index in [1.165, 1.54) is 11.8 Å². The molecule has 1 aliphatic carbocycles. The van der Waals surface area contributed by atoms with Gasteiger partial charge >= 0.3 is 5.97 Å². The molecule has 0 saturated heterocycles. The van der Waals surface area contributed by atoms with Gasteiger partial charge in [0.15, 0.2) is 6.10 Å². The normalized spacial score (nSPS) is 16.3. The first kappa shape index (κ1) is 17.3. The number of amides is 1. The van der Waals surface area contributed by atoms with Crippen molar-refractivity contribution >= 4 is 39.6 Å². The van der Waals surface area contributed by atoms with E-state index in [0.29, 0.717) is 0 Å². The number of nitrogens with one attached hydrogen (secondary N) is 1. The second-order valence-corrected chi connectivity index (χ2v) is 7.33. The first-order valence-electron chi connectivity index (χ1n) is 7.43. The topological polar surface area (TPSA) is 55.4 Å². The van der Waals surface area contributed by atoms with Crippen molar-refractivity contribution in [3.05, 3.63) is 28.7 Å². The Hall–Kier alpha value is -1.01. The quantitative estimate of drug-likeness (QED) is 0.600. The van der Waals surface area contributed by atoms with Crippen molar-refractivity contribution in [2.24, 2.45) is 0 Å². The monoisotopic (exact) mass is 385 g/mol. The molecule has 2 rings (SSSR count). The molecule has 1 aromatic carbocycles. The number of benzene rings is 1. The summed E-state index contributed by atoms with van der Waals surface area (Å²) in [6.45, 7) is 1.62. The van der Waals surface area contributed by atoms with Crippen LogP contribution in [-0.2, 0) is 14.3 Å². The van der Waals surface area contributed by atoms with E-state index in [1.54, 1.807) is 6.92 Å². The molecule has 0 aromatic heterocycles. The third-order valence-corrected chi connectivity index (χ3v) is 5.06. The maximum Gasteiger partial charge on any atom is 0.317 e. The third-order valence-electron chi connectivity index (χ3n) is 3.55. The molecule has 0 heterocycles. The van der Waals surface area contributed by atoms with Crippen LogP contribution < -0.4 is 5.32 Å². The highest BCUT2D eigenvalue weighted by atomic mass is 79.9. The molecule has 1 atom stereocenters. The van der Waals surface area contributed by atoms with Crippen LogP contribution in [0.5, 0.6) is 0 Å². The summed E-state index contributed by atoms with van der Waals surface area (Å²) in [5, 5.41) is 2.94. The number of thioether (sulfide) groups is 1. The third kappa shape index (κ3) is 5.65. The molecule has 1 amide bonds. The molecular formula is C16H20BrNO3S. The summed E-state index contributed by atoms with van der Waals surface area (Å²) in [5.41, 5.74) is 0. The van der Waals surface area contributed by atoms with Gasteiger partial charge in [0.05, 0.1) is 5.75 Å². The Labute approximate surface area is 143 Å². The highest BCUT2D eigenvalue weighted by Crippen LogP contribution is 2.21. The summed E-state index contributed by atoms with van der Waals surface area (Å²) >= 11 is 4.76. The van der Waals surface area contributed by atoms with Gasteiger partial charge in [-0.15, -0.1) is 11.8 Å². The lowest BCUT2D eigenvalue weighted by molar-refractivity contribution is -0.152. The Morgan fingerprint density at radius 2 is 1.95 bits per heavy atom. The summed E-state index contributed by atoms with van der Waals surface area (Å²) in [7, 11) is 0. The van der Waals surface area contributed by atoms with Crippen molar-refractivity contribution in [2.45, 2.75) is 49.6 Å². The first-order valence-corrected chi connectivity index (χ1v) is 9.20. The predicted octanol–water partition coefficient (Wildman–Crippen LogP) is 3.53. The minimum Gasteiger partial charge on any atom is -0.452 e. The van der Waals surface area contributed by atoms with Gasteiger partial charge in [0, 0.05) is 15.4 Å². The van der Waals surface area contributed by atoms with Crippen LogP contribution >= 0.6 is 27.7 Å². The maximum absolute atomic E-state index is 11.9. The molecule has 6 heteroatoms. The molecule has 120 valence electrons. The number of carbonyl (C=O) groups excluding carboxylic acids is 2. The zero-order valence-corrected chi connectivity index (χ0v) is 14.9. The van der Waals surface area contributed by atoms with Crippen LogP contribution in [0.2, 0.25) is 0 Å². The van der Waals surface area contributed by atoms with Gasteiger partial charge in [-0.2, -0.15) is 0 Å². The number of hydrogen-bond donors (Lipinski definition) is 1. The molecule has 4 nitrogen and oxygen atoms in total. The minimum atomic E-state index is -0.737. The van der Waals surface area contributed by atoms with Gasteiger partial charge in [-0.3, -0.25) is 9.59 Å². The number of rotatable bonds is 6. The molecular weight excluding hydrogens is 366 g/mol. The largest absolute Gasteiger partial charge is 0.452 e. The van der Waals surface area contributed by atoms with Gasteiger partial charge in [0.25, 0.3) is 5.91 Å². The van der Waals surface area contributed by atoms with Crippen molar-refractivity contribution in [1.29, 1.82) is 0 Å². The van der Waals surface area contributed by atoms with Gasteiger partial charge in [0.1, 0.15) is 0 Å². The van der Waals surface area contributed by atoms with E-state index in [9.17, 15) is 9.59 Å². The van der Waals surface area contributed by atoms with Crippen molar-refractivity contribution in [3.8, 4) is 0 Å². The van der Waals surface area contributed by atoms with E-state index in [1.807, 2.05) is 24.3 Å². The smallest absolute Gasteiger partial charge is 0.317 e. The SMILES string of the molecule is C[C@@H](OC(=O)CSc1ccc(Br)cc1)C(=O)NC1CCCC1. The van der Waals surface area contributed by atoms with Crippen LogP contribution in [0.4, 0.5) is 0 Å². The van der Waals surface area contributed by atoms with Crippen LogP contribution in [0.25, 0.3) is 0 Å². The van der Waals surface area contributed by atoms with Crippen molar-refractivity contribution in [3.63, 3.8) is 0 Å². The lowest BCUT2D eigenvalue weighted by Gasteiger charge is -2.17. The van der Waals surface area contributed by atoms with Crippen LogP contribution in [0.1, 0.15) is 32.6 Å². The van der Waals surface area contributed by atoms with E-state index >= 15 is 0 Å². The molecule has 22 heavy (non-hydrogen) atoms. The standard InChI is InChI=1S/C16H20BrNO3S/c1-11(16(20)18-13-4-2-3-5-13)21-15(19)10-22-14-8-6-12(17)7-9-14/h6-9,11,13H,2-5,10H2,1H3,(H,18,20)/t11-/m1/s1. The van der Waals surface area contributed by atoms with Crippen molar-refractivity contribution < 1.29 is 14.3 Å². The molecule has 0 unspecified atom stereocenters. The van der Waals surface area contributed by atoms with E-state index in [-0.39, 0.29) is 23.7 Å². The van der Waals surface area contributed by atoms with Gasteiger partial charge in [-0.1, -0.05) is 28.8 Å². The summed E-state index contributed by atoms with van der Waals surface area (Å²) in [4.78, 5) is 24.7. The fourth-order valence-corrected chi connectivity index (χ4v) is 3.29. The molecule has 0 radical (unpaired) electrons. The molecule has 1 N–H and O–H groups in total. The average Bonchev–Trinajstić information content (AvgIpc) is 2.99. The minimum absolute atomic E-state index is 0.197. The van der Waals surface area contributed by atoms with Crippen LogP contribution in [0.3, 0.4) is 0 Å². The highest BCUT2D eigenvalue weighted by Gasteiger charge is 2.22. The van der Waals surface area contributed by atoms with Crippen molar-refractivity contribution in [1.82, 2.24) is 5.32 Å². The maximum atomic E-state index is 11.9. The number of esters is 1. The average molecular weight is 386 g/mol. The molecule has 1 aromatic rings. The number of carbonyl (C=O) groups is 2. The second kappa shape index (κ2) is 8.58. The molecule has 1 aliphatic rings. The molecule has 0 aliphatic heterocycles. The van der Waals surface area contributed by atoms with Gasteiger partial charge in [0.2, 0.25) is 0 Å². The zero-order chi connectivity index (χ0) is 15.9. The molecule has 0 spiro atoms. The Morgan fingerprint density at radius 1 is 1.32 bits per heavy atom. The van der Waals surface area contributed by atoms with Gasteiger partial charge < -0.3 is 10.1 Å². The second-order valence-electron chi connectivity index (χ2n) is 5.36. The molecule has 1 saturated carbocycles. The summed E-state index contributed by atoms with van der Waals surface area (Å²) < 4.78 is 6.18. The van der Waals surface area contributed by atoms with Gasteiger partial charge in [-0.25, -0.2) is 0 Å². The summed E-state index contributed by atoms with van der Waals surface area (Å²) in [6, 6.07) is 7.94. The number of ether oxygens (including phenoxy) is 1. The molecule has 1 fully saturated rings. The lowest BCUT2D eigenvalue weighted by atomic mass is 10.2. The van der Waals surface area contributed by atoms with Crippen LogP contribution in [-0.4, -0.2) is 29.8 Å². The number of halogens is 1. The lowest BCUT2D eigenvalue weighted by Crippen LogP contribution is -2.41. The first-order chi connectivity index (χ1) is 10.5. The Balaban J connectivity index is 1.71. The van der Waals surface area contributed by atoms with Gasteiger partial charge in [-0.05, 0) is 44.0 Å².